The van der Waals surface area contributed by atoms with Crippen LogP contribution >= 0.6 is 35.6 Å². The first kappa shape index (κ1) is 14.4. The molecule has 1 aromatic carbocycles. The van der Waals surface area contributed by atoms with Crippen molar-refractivity contribution in [3.63, 3.8) is 0 Å². The third kappa shape index (κ3) is 2.94. The van der Waals surface area contributed by atoms with Gasteiger partial charge in [0, 0.05) is 16.7 Å². The number of benzene rings is 1. The highest BCUT2D eigenvalue weighted by Crippen LogP contribution is 2.28. The third-order valence-electron chi connectivity index (χ3n) is 2.64. The molecule has 0 aliphatic rings. The molecule has 0 amide bonds. The average Bonchev–Trinajstić information content (AvgIpc) is 2.69. The van der Waals surface area contributed by atoms with Crippen LogP contribution in [0.5, 0.6) is 0 Å². The number of nitrogens with two attached hydrogens (primary N) is 1. The van der Waals surface area contributed by atoms with Crippen molar-refractivity contribution in [2.45, 2.75) is 18.7 Å². The van der Waals surface area contributed by atoms with Crippen molar-refractivity contribution >= 4 is 40.6 Å². The quantitative estimate of drug-likeness (QED) is 0.692. The number of hydrogen-bond acceptors (Lipinski definition) is 3. The van der Waals surface area contributed by atoms with E-state index in [1.54, 1.807) is 22.6 Å². The van der Waals surface area contributed by atoms with Crippen LogP contribution in [0.2, 0.25) is 5.02 Å². The van der Waals surface area contributed by atoms with E-state index in [2.05, 4.69) is 12.0 Å². The van der Waals surface area contributed by atoms with Gasteiger partial charge in [0.2, 0.25) is 0 Å². The number of hydrogen-bond donors (Lipinski definition) is 1. The Morgan fingerprint density at radius 2 is 2.26 bits per heavy atom. The molecule has 0 saturated carbocycles. The highest BCUT2D eigenvalue weighted by atomic mass is 35.5. The van der Waals surface area contributed by atoms with Gasteiger partial charge in [-0.2, -0.15) is 5.10 Å². The van der Waals surface area contributed by atoms with Crippen molar-refractivity contribution in [2.24, 2.45) is 5.73 Å². The van der Waals surface area contributed by atoms with Gasteiger partial charge in [-0.15, -0.1) is 11.8 Å². The van der Waals surface area contributed by atoms with Gasteiger partial charge >= 0.3 is 0 Å². The Morgan fingerprint density at radius 3 is 2.79 bits per heavy atom. The lowest BCUT2D eigenvalue weighted by Gasteiger charge is -2.12. The van der Waals surface area contributed by atoms with Gasteiger partial charge in [-0.3, -0.25) is 0 Å². The molecule has 0 saturated heterocycles. The molecular weight excluding hydrogens is 298 g/mol. The van der Waals surface area contributed by atoms with Crippen molar-refractivity contribution in [3.05, 3.63) is 40.7 Å². The number of aromatic nitrogens is 2. The molecule has 2 N–H and O–H groups in total. The monoisotopic (exact) mass is 311 g/mol. The van der Waals surface area contributed by atoms with Crippen LogP contribution < -0.4 is 5.73 Å². The summed E-state index contributed by atoms with van der Waals surface area (Å²) in [5.74, 6) is 0.956. The molecule has 0 radical (unpaired) electrons. The van der Waals surface area contributed by atoms with E-state index in [0.29, 0.717) is 10.0 Å². The summed E-state index contributed by atoms with van der Waals surface area (Å²) in [6.45, 7) is 3.96. The first-order valence-electron chi connectivity index (χ1n) is 5.82. The van der Waals surface area contributed by atoms with E-state index in [9.17, 15) is 0 Å². The normalized spacial score (nSPS) is 10.7. The van der Waals surface area contributed by atoms with E-state index in [-0.39, 0.29) is 0 Å². The lowest BCUT2D eigenvalue weighted by Crippen LogP contribution is -2.15. The number of rotatable bonds is 4. The zero-order valence-corrected chi connectivity index (χ0v) is 13.1. The summed E-state index contributed by atoms with van der Waals surface area (Å²) in [6.07, 6.45) is 1.77. The predicted molar refractivity (Wildman–Crippen MR) is 85.6 cm³/mol. The highest BCUT2D eigenvalue weighted by Gasteiger charge is 2.14. The van der Waals surface area contributed by atoms with E-state index < -0.39 is 0 Å². The first-order chi connectivity index (χ1) is 9.04. The van der Waals surface area contributed by atoms with Crippen LogP contribution in [0.15, 0.2) is 29.3 Å². The van der Waals surface area contributed by atoms with Crippen LogP contribution in [0, 0.1) is 6.92 Å². The summed E-state index contributed by atoms with van der Waals surface area (Å²) in [5.41, 5.74) is 8.37. The minimum Gasteiger partial charge on any atom is -0.389 e. The maximum atomic E-state index is 6.06. The van der Waals surface area contributed by atoms with E-state index in [1.165, 1.54) is 0 Å². The summed E-state index contributed by atoms with van der Waals surface area (Å²) in [6, 6.07) is 5.93. The van der Waals surface area contributed by atoms with Gasteiger partial charge in [-0.25, -0.2) is 4.68 Å². The SMILES string of the molecule is CCSc1cccc(-n2cc(Cl)c(C)n2)c1C(N)=S. The van der Waals surface area contributed by atoms with Crippen molar-refractivity contribution in [2.75, 3.05) is 5.75 Å². The number of thioether (sulfide) groups is 1. The van der Waals surface area contributed by atoms with Crippen LogP contribution in [0.25, 0.3) is 5.69 Å². The fourth-order valence-electron chi connectivity index (χ4n) is 1.80. The first-order valence-corrected chi connectivity index (χ1v) is 7.59. The topological polar surface area (TPSA) is 43.8 Å². The molecule has 0 fully saturated rings. The molecule has 0 aliphatic heterocycles. The smallest absolute Gasteiger partial charge is 0.107 e. The Bertz CT molecular complexity index is 603. The zero-order valence-electron chi connectivity index (χ0n) is 10.7. The minimum absolute atomic E-state index is 0.371. The van der Waals surface area contributed by atoms with E-state index >= 15 is 0 Å². The lowest BCUT2D eigenvalue weighted by atomic mass is 10.2. The van der Waals surface area contributed by atoms with Crippen LogP contribution in [-0.2, 0) is 0 Å². The second kappa shape index (κ2) is 5.94. The zero-order chi connectivity index (χ0) is 14.0. The molecule has 100 valence electrons. The lowest BCUT2D eigenvalue weighted by molar-refractivity contribution is 0.857. The van der Waals surface area contributed by atoms with E-state index in [0.717, 1.165) is 27.6 Å². The van der Waals surface area contributed by atoms with Gasteiger partial charge in [0.1, 0.15) is 4.99 Å². The predicted octanol–water partition coefficient (Wildman–Crippen LogP) is 3.58. The van der Waals surface area contributed by atoms with Gasteiger partial charge in [-0.1, -0.05) is 36.8 Å². The molecule has 0 atom stereocenters. The molecule has 0 aliphatic carbocycles. The molecule has 19 heavy (non-hydrogen) atoms. The number of nitrogens with zero attached hydrogens (tertiary/aromatic N) is 2. The average molecular weight is 312 g/mol. The van der Waals surface area contributed by atoms with Gasteiger partial charge < -0.3 is 5.73 Å². The number of thiocarbonyl (C=S) groups is 1. The molecule has 0 unspecified atom stereocenters. The summed E-state index contributed by atoms with van der Waals surface area (Å²) in [4.78, 5) is 1.44. The second-order valence-electron chi connectivity index (χ2n) is 3.95. The summed E-state index contributed by atoms with van der Waals surface area (Å²) >= 11 is 12.9. The summed E-state index contributed by atoms with van der Waals surface area (Å²) < 4.78 is 1.73. The van der Waals surface area contributed by atoms with Gasteiger partial charge in [-0.05, 0) is 24.8 Å². The molecule has 1 heterocycles. The molecule has 1 aromatic heterocycles. The highest BCUT2D eigenvalue weighted by molar-refractivity contribution is 7.99. The van der Waals surface area contributed by atoms with Crippen LogP contribution in [0.4, 0.5) is 0 Å². The Labute approximate surface area is 127 Å². The molecule has 6 heteroatoms. The van der Waals surface area contributed by atoms with E-state index in [1.807, 2.05) is 25.1 Å². The summed E-state index contributed by atoms with van der Waals surface area (Å²) in [5, 5.41) is 5.01. The molecule has 2 aromatic rings. The van der Waals surface area contributed by atoms with Crippen molar-refractivity contribution in [3.8, 4) is 5.69 Å². The van der Waals surface area contributed by atoms with Gasteiger partial charge in [0.15, 0.2) is 0 Å². The maximum Gasteiger partial charge on any atom is 0.107 e. The Balaban J connectivity index is 2.62. The van der Waals surface area contributed by atoms with Crippen molar-refractivity contribution < 1.29 is 0 Å². The number of aryl methyl sites for hydroxylation is 1. The maximum absolute atomic E-state index is 6.06. The Hall–Kier alpha value is -1.04. The van der Waals surface area contributed by atoms with Gasteiger partial charge in [0.05, 0.1) is 16.4 Å². The Morgan fingerprint density at radius 1 is 1.53 bits per heavy atom. The Kier molecular flexibility index (Phi) is 4.50. The fourth-order valence-corrected chi connectivity index (χ4v) is 3.05. The largest absolute Gasteiger partial charge is 0.389 e. The second-order valence-corrected chi connectivity index (χ2v) is 6.11. The molecule has 0 bridgehead atoms. The van der Waals surface area contributed by atoms with Gasteiger partial charge in [0.25, 0.3) is 0 Å². The molecule has 2 rings (SSSR count). The van der Waals surface area contributed by atoms with Crippen LogP contribution in [0.3, 0.4) is 0 Å². The third-order valence-corrected chi connectivity index (χ3v) is 4.15. The van der Waals surface area contributed by atoms with E-state index in [4.69, 9.17) is 29.6 Å². The fraction of sp³-hybridized carbons (Fsp3) is 0.231. The molecule has 3 nitrogen and oxygen atoms in total. The molecule has 0 spiro atoms. The number of halogens is 1. The van der Waals surface area contributed by atoms with Crippen LogP contribution in [-0.4, -0.2) is 20.5 Å². The molecular formula is C13H14ClN3S2. The van der Waals surface area contributed by atoms with Crippen LogP contribution in [0.1, 0.15) is 18.2 Å². The minimum atomic E-state index is 0.371. The van der Waals surface area contributed by atoms with Crippen molar-refractivity contribution in [1.82, 2.24) is 9.78 Å². The summed E-state index contributed by atoms with van der Waals surface area (Å²) in [7, 11) is 0. The van der Waals surface area contributed by atoms with Crippen molar-refractivity contribution in [1.29, 1.82) is 0 Å². The standard InChI is InChI=1S/C13H14ClN3S2/c1-3-19-11-6-4-5-10(12(11)13(15)18)17-7-9(14)8(2)16-17/h4-7H,3H2,1-2H3,(H2,15,18).